The fourth-order valence-corrected chi connectivity index (χ4v) is 2.03. The largest absolute Gasteiger partial charge is 0.264 e. The van der Waals surface area contributed by atoms with Crippen molar-refractivity contribution in [3.8, 4) is 11.1 Å². The van der Waals surface area contributed by atoms with Crippen molar-refractivity contribution in [2.24, 2.45) is 0 Å². The van der Waals surface area contributed by atoms with Crippen LogP contribution in [0.3, 0.4) is 0 Å². The lowest BCUT2D eigenvalue weighted by Crippen LogP contribution is -1.85. The molecule has 0 saturated carbocycles. The number of pyridine rings is 1. The Balaban J connectivity index is 2.53. The number of nitrogens with zero attached hydrogens (tertiary/aromatic N) is 1. The van der Waals surface area contributed by atoms with Gasteiger partial charge >= 0.3 is 0 Å². The summed E-state index contributed by atoms with van der Waals surface area (Å²) in [6.07, 6.45) is 3.50. The highest BCUT2D eigenvalue weighted by Gasteiger charge is 2.03. The van der Waals surface area contributed by atoms with E-state index < -0.39 is 0 Å². The maximum Gasteiger partial charge on any atom is 0.124 e. The highest BCUT2D eigenvalue weighted by Crippen LogP contribution is 2.24. The van der Waals surface area contributed by atoms with E-state index in [2.05, 4.69) is 27.6 Å². The Morgan fingerprint density at radius 1 is 1.21 bits per heavy atom. The van der Waals surface area contributed by atoms with Gasteiger partial charge < -0.3 is 0 Å². The van der Waals surface area contributed by atoms with Gasteiger partial charge in [-0.1, -0.05) is 12.1 Å². The van der Waals surface area contributed by atoms with E-state index in [0.717, 1.165) is 14.7 Å². The first-order chi connectivity index (χ1) is 6.77. The lowest BCUT2D eigenvalue weighted by molar-refractivity contribution is 0.627. The van der Waals surface area contributed by atoms with E-state index in [1.165, 1.54) is 12.1 Å². The second kappa shape index (κ2) is 4.04. The minimum Gasteiger partial charge on any atom is -0.264 e. The van der Waals surface area contributed by atoms with E-state index in [1.807, 2.05) is 12.1 Å². The summed E-state index contributed by atoms with van der Waals surface area (Å²) < 4.78 is 13.7. The van der Waals surface area contributed by atoms with Crippen molar-refractivity contribution >= 4 is 22.6 Å². The smallest absolute Gasteiger partial charge is 0.124 e. The Bertz CT molecular complexity index is 442. The predicted octanol–water partition coefficient (Wildman–Crippen LogP) is 3.49. The van der Waals surface area contributed by atoms with E-state index in [4.69, 9.17) is 0 Å². The van der Waals surface area contributed by atoms with E-state index in [1.54, 1.807) is 18.5 Å². The van der Waals surface area contributed by atoms with Crippen LogP contribution < -0.4 is 0 Å². The first kappa shape index (κ1) is 9.58. The third-order valence-corrected chi connectivity index (χ3v) is 2.80. The van der Waals surface area contributed by atoms with Crippen LogP contribution in [-0.2, 0) is 0 Å². The van der Waals surface area contributed by atoms with E-state index in [-0.39, 0.29) is 5.82 Å². The highest BCUT2D eigenvalue weighted by atomic mass is 127. The second-order valence-corrected chi connectivity index (χ2v) is 4.03. The molecule has 0 unspecified atom stereocenters. The highest BCUT2D eigenvalue weighted by molar-refractivity contribution is 14.1. The molecule has 1 aromatic heterocycles. The molecule has 3 heteroatoms. The summed E-state index contributed by atoms with van der Waals surface area (Å²) in [4.78, 5) is 4.03. The fraction of sp³-hybridized carbons (Fsp3) is 0. The fourth-order valence-electron chi connectivity index (χ4n) is 1.25. The van der Waals surface area contributed by atoms with Gasteiger partial charge in [-0.15, -0.1) is 0 Å². The van der Waals surface area contributed by atoms with Crippen molar-refractivity contribution in [2.45, 2.75) is 0 Å². The molecule has 0 amide bonds. The van der Waals surface area contributed by atoms with E-state index in [9.17, 15) is 4.39 Å². The molecule has 0 saturated heterocycles. The first-order valence-electron chi connectivity index (χ1n) is 4.13. The standard InChI is InChI=1S/C11H7FIN/c12-9-3-4-10(11(13)6-9)8-2-1-5-14-7-8/h1-7H. The maximum atomic E-state index is 12.8. The van der Waals surface area contributed by atoms with Crippen molar-refractivity contribution in [2.75, 3.05) is 0 Å². The molecule has 0 N–H and O–H groups in total. The molecule has 0 bridgehead atoms. The van der Waals surface area contributed by atoms with Crippen LogP contribution in [0, 0.1) is 9.39 Å². The number of aromatic nitrogens is 1. The molecule has 70 valence electrons. The molecule has 1 aromatic carbocycles. The number of halogens is 2. The summed E-state index contributed by atoms with van der Waals surface area (Å²) in [5.41, 5.74) is 2.03. The van der Waals surface area contributed by atoms with Crippen LogP contribution in [0.5, 0.6) is 0 Å². The average molecular weight is 299 g/mol. The Morgan fingerprint density at radius 3 is 2.71 bits per heavy atom. The summed E-state index contributed by atoms with van der Waals surface area (Å²) in [5.74, 6) is -0.206. The molecule has 0 aliphatic carbocycles. The number of benzene rings is 1. The Kier molecular flexibility index (Phi) is 2.77. The number of rotatable bonds is 1. The monoisotopic (exact) mass is 299 g/mol. The minimum atomic E-state index is -0.206. The quantitative estimate of drug-likeness (QED) is 0.735. The van der Waals surface area contributed by atoms with Crippen LogP contribution in [0.4, 0.5) is 4.39 Å². The Labute approximate surface area is 95.1 Å². The number of hydrogen-bond donors (Lipinski definition) is 0. The molecule has 2 rings (SSSR count). The summed E-state index contributed by atoms with van der Waals surface area (Å²) in [6, 6.07) is 8.58. The summed E-state index contributed by atoms with van der Waals surface area (Å²) >= 11 is 2.12. The Hall–Kier alpha value is -0.970. The molecule has 0 atom stereocenters. The third-order valence-electron chi connectivity index (χ3n) is 1.90. The van der Waals surface area contributed by atoms with Gasteiger partial charge in [0.25, 0.3) is 0 Å². The molecule has 2 aromatic rings. The van der Waals surface area contributed by atoms with Crippen molar-refractivity contribution in [3.05, 3.63) is 52.1 Å². The topological polar surface area (TPSA) is 12.9 Å². The van der Waals surface area contributed by atoms with Gasteiger partial charge in [0, 0.05) is 21.5 Å². The molecule has 0 spiro atoms. The van der Waals surface area contributed by atoms with Crippen LogP contribution in [-0.4, -0.2) is 4.98 Å². The van der Waals surface area contributed by atoms with Crippen LogP contribution in [0.15, 0.2) is 42.7 Å². The molecule has 0 radical (unpaired) electrons. The lowest BCUT2D eigenvalue weighted by Gasteiger charge is -2.03. The van der Waals surface area contributed by atoms with E-state index >= 15 is 0 Å². The van der Waals surface area contributed by atoms with Gasteiger partial charge in [0.05, 0.1) is 0 Å². The zero-order valence-electron chi connectivity index (χ0n) is 7.24. The summed E-state index contributed by atoms with van der Waals surface area (Å²) in [7, 11) is 0. The molecule has 1 nitrogen and oxygen atoms in total. The summed E-state index contributed by atoms with van der Waals surface area (Å²) in [5, 5.41) is 0. The van der Waals surface area contributed by atoms with Gasteiger partial charge in [0.2, 0.25) is 0 Å². The molecular weight excluding hydrogens is 292 g/mol. The van der Waals surface area contributed by atoms with Gasteiger partial charge in [-0.3, -0.25) is 4.98 Å². The Morgan fingerprint density at radius 2 is 2.07 bits per heavy atom. The number of hydrogen-bond acceptors (Lipinski definition) is 1. The van der Waals surface area contributed by atoms with Crippen LogP contribution in [0.2, 0.25) is 0 Å². The van der Waals surface area contributed by atoms with Crippen molar-refractivity contribution in [1.82, 2.24) is 4.98 Å². The van der Waals surface area contributed by atoms with Gasteiger partial charge in [-0.2, -0.15) is 0 Å². The lowest BCUT2D eigenvalue weighted by atomic mass is 10.1. The van der Waals surface area contributed by atoms with Crippen molar-refractivity contribution < 1.29 is 4.39 Å². The van der Waals surface area contributed by atoms with Gasteiger partial charge in [-0.25, -0.2) is 4.39 Å². The van der Waals surface area contributed by atoms with Crippen LogP contribution >= 0.6 is 22.6 Å². The van der Waals surface area contributed by atoms with Gasteiger partial charge in [-0.05, 0) is 46.4 Å². The minimum absolute atomic E-state index is 0.206. The van der Waals surface area contributed by atoms with Gasteiger partial charge in [0.1, 0.15) is 5.82 Å². The third kappa shape index (κ3) is 1.92. The summed E-state index contributed by atoms with van der Waals surface area (Å²) in [6.45, 7) is 0. The molecule has 14 heavy (non-hydrogen) atoms. The zero-order chi connectivity index (χ0) is 9.97. The van der Waals surface area contributed by atoms with Crippen molar-refractivity contribution in [3.63, 3.8) is 0 Å². The SMILES string of the molecule is Fc1ccc(-c2cccnc2)c(I)c1. The second-order valence-electron chi connectivity index (χ2n) is 2.87. The normalized spacial score (nSPS) is 10.1. The zero-order valence-corrected chi connectivity index (χ0v) is 9.40. The molecule has 0 aliphatic heterocycles. The van der Waals surface area contributed by atoms with Crippen molar-refractivity contribution in [1.29, 1.82) is 0 Å². The van der Waals surface area contributed by atoms with Gasteiger partial charge in [0.15, 0.2) is 0 Å². The van der Waals surface area contributed by atoms with Crippen LogP contribution in [0.1, 0.15) is 0 Å². The molecular formula is C11H7FIN. The first-order valence-corrected chi connectivity index (χ1v) is 5.21. The average Bonchev–Trinajstić information content (AvgIpc) is 2.19. The van der Waals surface area contributed by atoms with Crippen LogP contribution in [0.25, 0.3) is 11.1 Å². The maximum absolute atomic E-state index is 12.8. The predicted molar refractivity (Wildman–Crippen MR) is 62.3 cm³/mol. The molecule has 0 aliphatic rings. The molecule has 0 fully saturated rings. The molecule has 1 heterocycles. The van der Waals surface area contributed by atoms with E-state index in [0.29, 0.717) is 0 Å².